The summed E-state index contributed by atoms with van der Waals surface area (Å²) in [6.07, 6.45) is -6.32. The molecule has 0 amide bonds. The third kappa shape index (κ3) is 3.05. The van der Waals surface area contributed by atoms with Crippen LogP contribution < -0.4 is 0 Å². The van der Waals surface area contributed by atoms with Crippen LogP contribution in [0, 0.1) is 17.3 Å². The number of halogens is 8. The van der Waals surface area contributed by atoms with Gasteiger partial charge in [-0.1, -0.05) is 52.4 Å². The summed E-state index contributed by atoms with van der Waals surface area (Å²) in [5.74, 6) is -22.5. The van der Waals surface area contributed by atoms with E-state index in [0.29, 0.717) is 6.42 Å². The second-order valence-corrected chi connectivity index (χ2v) is 8.70. The Labute approximate surface area is 170 Å². The van der Waals surface area contributed by atoms with E-state index in [0.717, 1.165) is 0 Å². The third-order valence-corrected chi connectivity index (χ3v) is 7.21. The molecule has 0 aromatic heterocycles. The molecule has 1 N–H and O–H groups in total. The highest BCUT2D eigenvalue weighted by atomic mass is 19.3. The zero-order valence-electron chi connectivity index (χ0n) is 17.0. The lowest BCUT2D eigenvalue weighted by atomic mass is 9.54. The number of unbranched alkanes of at least 4 members (excludes halogenated alkanes) is 2. The summed E-state index contributed by atoms with van der Waals surface area (Å²) in [4.78, 5) is 11.6. The molecule has 0 radical (unpaired) electrons. The minimum atomic E-state index is -6.00. The van der Waals surface area contributed by atoms with Crippen molar-refractivity contribution in [2.24, 2.45) is 17.3 Å². The summed E-state index contributed by atoms with van der Waals surface area (Å²) >= 11 is 0. The van der Waals surface area contributed by atoms with Gasteiger partial charge in [0, 0.05) is 5.92 Å². The van der Waals surface area contributed by atoms with Gasteiger partial charge in [0.25, 0.3) is 0 Å². The number of rotatable bonds is 7. The van der Waals surface area contributed by atoms with Gasteiger partial charge in [-0.15, -0.1) is 0 Å². The summed E-state index contributed by atoms with van der Waals surface area (Å²) in [7, 11) is 0. The van der Waals surface area contributed by atoms with Crippen molar-refractivity contribution < 1.29 is 45.0 Å². The first kappa shape index (κ1) is 25.2. The number of hydrogen-bond donors (Lipinski definition) is 1. The number of carboxylic acids is 1. The molecule has 0 heterocycles. The first-order chi connectivity index (χ1) is 13.7. The predicted molar refractivity (Wildman–Crippen MR) is 93.5 cm³/mol. The largest absolute Gasteiger partial charge is 0.480 e. The fourth-order valence-corrected chi connectivity index (χ4v) is 5.16. The van der Waals surface area contributed by atoms with Gasteiger partial charge in [0.1, 0.15) is 0 Å². The Kier molecular flexibility index (Phi) is 6.81. The van der Waals surface area contributed by atoms with Gasteiger partial charge in [-0.25, -0.2) is 17.6 Å². The highest BCUT2D eigenvalue weighted by Gasteiger charge is 2.94. The van der Waals surface area contributed by atoms with Crippen LogP contribution in [0.5, 0.6) is 0 Å². The van der Waals surface area contributed by atoms with Gasteiger partial charge < -0.3 is 5.11 Å². The van der Waals surface area contributed by atoms with Crippen molar-refractivity contribution in [1.29, 1.82) is 0 Å². The molecule has 3 atom stereocenters. The molecular weight excluding hydrogens is 424 g/mol. The van der Waals surface area contributed by atoms with Crippen LogP contribution >= 0.6 is 0 Å². The Balaban J connectivity index is 2.62. The molecule has 10 heteroatoms. The van der Waals surface area contributed by atoms with Gasteiger partial charge in [-0.3, -0.25) is 4.79 Å². The number of hydrogen-bond acceptors (Lipinski definition) is 1. The van der Waals surface area contributed by atoms with E-state index in [1.165, 1.54) is 0 Å². The van der Waals surface area contributed by atoms with Crippen LogP contribution in [0.3, 0.4) is 0 Å². The van der Waals surface area contributed by atoms with E-state index in [4.69, 9.17) is 0 Å². The zero-order chi connectivity index (χ0) is 23.2. The van der Waals surface area contributed by atoms with Crippen LogP contribution in [-0.2, 0) is 4.79 Å². The summed E-state index contributed by atoms with van der Waals surface area (Å²) < 4.78 is 121. The van der Waals surface area contributed by atoms with Crippen molar-refractivity contribution in [3.63, 3.8) is 0 Å². The lowest BCUT2D eigenvalue weighted by molar-refractivity contribution is -0.415. The predicted octanol–water partition coefficient (Wildman–Crippen LogP) is 6.82. The molecular formula is C20H28F8O2. The minimum Gasteiger partial charge on any atom is -0.480 e. The smallest absolute Gasteiger partial charge is 0.348 e. The monoisotopic (exact) mass is 452 g/mol. The molecule has 2 saturated carbocycles. The number of carbonyl (C=O) groups is 1. The van der Waals surface area contributed by atoms with Crippen molar-refractivity contribution in [3.8, 4) is 0 Å². The lowest BCUT2D eigenvalue weighted by Crippen LogP contribution is -2.82. The highest BCUT2D eigenvalue weighted by Crippen LogP contribution is 2.70. The van der Waals surface area contributed by atoms with E-state index in [2.05, 4.69) is 0 Å². The van der Waals surface area contributed by atoms with Crippen LogP contribution in [-0.4, -0.2) is 40.7 Å². The standard InChI is InChI=1S/C20H28F8O2/c1-3-5-6-11-16(15(29)30)18(23,24)14(21)17(22,20(27,28)19(16,25)26)13-9-7-12(4-2)8-10-13/h12-14H,3-11H2,1-2H3,(H,29,30)/t12?,13?,14-,16+,17-/m0/s1. The molecule has 2 fully saturated rings. The van der Waals surface area contributed by atoms with E-state index in [9.17, 15) is 23.1 Å². The molecule has 0 aromatic rings. The zero-order valence-corrected chi connectivity index (χ0v) is 17.0. The maximum atomic E-state index is 15.6. The van der Waals surface area contributed by atoms with Gasteiger partial charge in [0.2, 0.25) is 17.3 Å². The molecule has 2 aliphatic rings. The molecule has 0 unspecified atom stereocenters. The molecule has 30 heavy (non-hydrogen) atoms. The Hall–Kier alpha value is -1.09. The number of aliphatic carboxylic acids is 1. The number of alkyl halides is 8. The van der Waals surface area contributed by atoms with E-state index in [1.807, 2.05) is 0 Å². The van der Waals surface area contributed by atoms with Gasteiger partial charge in [0.05, 0.1) is 0 Å². The lowest BCUT2D eigenvalue weighted by Gasteiger charge is -2.57. The first-order valence-corrected chi connectivity index (χ1v) is 10.4. The van der Waals surface area contributed by atoms with E-state index in [1.54, 1.807) is 13.8 Å². The normalized spacial score (nSPS) is 40.1. The highest BCUT2D eigenvalue weighted by molar-refractivity contribution is 5.79. The summed E-state index contributed by atoms with van der Waals surface area (Å²) in [6, 6.07) is 0. The first-order valence-electron chi connectivity index (χ1n) is 10.4. The Morgan fingerprint density at radius 3 is 1.87 bits per heavy atom. The molecule has 0 spiro atoms. The molecule has 2 aliphatic carbocycles. The second kappa shape index (κ2) is 8.11. The Morgan fingerprint density at radius 1 is 0.900 bits per heavy atom. The van der Waals surface area contributed by atoms with E-state index in [-0.39, 0.29) is 31.6 Å². The Bertz CT molecular complexity index is 632. The average molecular weight is 452 g/mol. The van der Waals surface area contributed by atoms with Crippen LogP contribution in [0.1, 0.15) is 71.6 Å². The van der Waals surface area contributed by atoms with Gasteiger partial charge >= 0.3 is 23.7 Å². The van der Waals surface area contributed by atoms with Crippen LogP contribution in [0.4, 0.5) is 35.1 Å². The van der Waals surface area contributed by atoms with Gasteiger partial charge in [0.15, 0.2) is 0 Å². The van der Waals surface area contributed by atoms with Crippen molar-refractivity contribution in [2.45, 2.75) is 101 Å². The van der Waals surface area contributed by atoms with Gasteiger partial charge in [-0.05, 0) is 25.2 Å². The van der Waals surface area contributed by atoms with Crippen molar-refractivity contribution in [1.82, 2.24) is 0 Å². The van der Waals surface area contributed by atoms with Crippen LogP contribution in [0.25, 0.3) is 0 Å². The van der Waals surface area contributed by atoms with Crippen LogP contribution in [0.2, 0.25) is 0 Å². The number of carboxylic acid groups (broad SMARTS) is 1. The fraction of sp³-hybridized carbons (Fsp3) is 0.950. The fourth-order valence-electron chi connectivity index (χ4n) is 5.16. The molecule has 2 rings (SSSR count). The maximum Gasteiger partial charge on any atom is 0.348 e. The minimum absolute atomic E-state index is 0.00842. The summed E-state index contributed by atoms with van der Waals surface area (Å²) in [5.41, 5.74) is -9.61. The molecule has 176 valence electrons. The molecule has 0 bridgehead atoms. The Morgan fingerprint density at radius 2 is 1.43 bits per heavy atom. The van der Waals surface area contributed by atoms with E-state index >= 15 is 22.0 Å². The van der Waals surface area contributed by atoms with Crippen molar-refractivity contribution in [2.75, 3.05) is 0 Å². The maximum absolute atomic E-state index is 15.6. The van der Waals surface area contributed by atoms with Gasteiger partial charge in [-0.2, -0.15) is 17.6 Å². The van der Waals surface area contributed by atoms with E-state index < -0.39 is 72.6 Å². The van der Waals surface area contributed by atoms with Crippen molar-refractivity contribution >= 4 is 5.97 Å². The third-order valence-electron chi connectivity index (χ3n) is 7.21. The summed E-state index contributed by atoms with van der Waals surface area (Å²) in [6.45, 7) is 3.33. The topological polar surface area (TPSA) is 37.3 Å². The SMILES string of the molecule is CCCCC[C@@]1(C(=O)O)C(F)(F)[C@@H](F)[C@@](F)(C2CCC(CC)CC2)C(F)(F)C1(F)F. The van der Waals surface area contributed by atoms with Crippen molar-refractivity contribution in [3.05, 3.63) is 0 Å². The molecule has 2 nitrogen and oxygen atoms in total. The quantitative estimate of drug-likeness (QED) is 0.340. The average Bonchev–Trinajstić information content (AvgIpc) is 2.68. The molecule has 0 aliphatic heterocycles. The van der Waals surface area contributed by atoms with Crippen LogP contribution in [0.15, 0.2) is 0 Å². The molecule has 0 saturated heterocycles. The summed E-state index contributed by atoms with van der Waals surface area (Å²) in [5, 5.41) is 9.27. The molecule has 0 aromatic carbocycles. The second-order valence-electron chi connectivity index (χ2n) is 8.70.